The number of hydrogen-bond acceptors (Lipinski definition) is 4. The second-order valence-corrected chi connectivity index (χ2v) is 5.45. The molecule has 2 aromatic rings. The van der Waals surface area contributed by atoms with E-state index in [0.29, 0.717) is 5.90 Å². The van der Waals surface area contributed by atoms with Crippen molar-refractivity contribution in [2.45, 2.75) is 0 Å². The van der Waals surface area contributed by atoms with Gasteiger partial charge in [-0.2, -0.15) is 0 Å². The largest absolute Gasteiger partial charge is 0.496 e. The van der Waals surface area contributed by atoms with Gasteiger partial charge in [0.05, 0.1) is 11.6 Å². The number of carbonyl (C=O) groups excluding carboxylic acids is 1. The summed E-state index contributed by atoms with van der Waals surface area (Å²) in [6.45, 7) is 0. The summed E-state index contributed by atoms with van der Waals surface area (Å²) in [5.74, 6) is 0.597. The van der Waals surface area contributed by atoms with Gasteiger partial charge in [-0.25, -0.2) is 9.79 Å². The maximum atomic E-state index is 11.9. The van der Waals surface area contributed by atoms with Crippen molar-refractivity contribution in [3.8, 4) is 5.75 Å². The summed E-state index contributed by atoms with van der Waals surface area (Å²) in [5.41, 5.74) is 1.88. The Labute approximate surface area is 136 Å². The molecule has 1 aliphatic heterocycles. The summed E-state index contributed by atoms with van der Waals surface area (Å²) in [4.78, 5) is 16.2. The first-order chi connectivity index (χ1) is 10.7. The fourth-order valence-corrected chi connectivity index (χ4v) is 2.60. The molecule has 0 spiro atoms. The van der Waals surface area contributed by atoms with Gasteiger partial charge < -0.3 is 9.47 Å². The fraction of sp³-hybridized carbons (Fsp3) is 0.0588. The molecule has 0 aromatic heterocycles. The van der Waals surface area contributed by atoms with Crippen molar-refractivity contribution in [3.63, 3.8) is 0 Å². The molecular weight excluding hydrogens is 346 g/mol. The molecule has 22 heavy (non-hydrogen) atoms. The third-order valence-corrected chi connectivity index (χ3v) is 3.74. The molecular formula is C17H12BrNO3. The molecule has 1 heterocycles. The number of cyclic esters (lactones) is 1. The SMILES string of the molecule is COc1ccc(/C=C2\N=C(c3ccccc3)OC2=O)cc1Br. The van der Waals surface area contributed by atoms with E-state index >= 15 is 0 Å². The van der Waals surface area contributed by atoms with Crippen molar-refractivity contribution in [1.29, 1.82) is 0 Å². The lowest BCUT2D eigenvalue weighted by Crippen LogP contribution is -2.04. The lowest BCUT2D eigenvalue weighted by atomic mass is 10.2. The van der Waals surface area contributed by atoms with Crippen molar-refractivity contribution in [3.05, 3.63) is 69.8 Å². The number of esters is 1. The molecule has 5 heteroatoms. The highest BCUT2D eigenvalue weighted by Crippen LogP contribution is 2.27. The Kier molecular flexibility index (Phi) is 4.06. The minimum absolute atomic E-state index is 0.274. The Hall–Kier alpha value is -2.40. The molecule has 0 bridgehead atoms. The number of aliphatic imine (C=N–C) groups is 1. The number of carbonyl (C=O) groups is 1. The zero-order chi connectivity index (χ0) is 15.5. The number of nitrogens with zero attached hydrogens (tertiary/aromatic N) is 1. The van der Waals surface area contributed by atoms with E-state index < -0.39 is 5.97 Å². The number of benzene rings is 2. The molecule has 4 nitrogen and oxygen atoms in total. The standard InChI is InChI=1S/C17H12BrNO3/c1-21-15-8-7-11(9-13(15)18)10-14-17(20)22-16(19-14)12-5-3-2-4-6-12/h2-10H,1H3/b14-10-. The van der Waals surface area contributed by atoms with E-state index in [2.05, 4.69) is 20.9 Å². The lowest BCUT2D eigenvalue weighted by molar-refractivity contribution is -0.129. The topological polar surface area (TPSA) is 47.9 Å². The molecule has 1 aliphatic rings. The molecule has 110 valence electrons. The predicted molar refractivity (Wildman–Crippen MR) is 87.7 cm³/mol. The molecule has 0 N–H and O–H groups in total. The van der Waals surface area contributed by atoms with Crippen molar-refractivity contribution in [2.24, 2.45) is 4.99 Å². The summed E-state index contributed by atoms with van der Waals surface area (Å²) < 4.78 is 11.2. The van der Waals surface area contributed by atoms with Crippen LogP contribution in [0.4, 0.5) is 0 Å². The Balaban J connectivity index is 1.92. The molecule has 0 amide bonds. The van der Waals surface area contributed by atoms with Gasteiger partial charge in [0.2, 0.25) is 5.90 Å². The third-order valence-electron chi connectivity index (χ3n) is 3.12. The number of rotatable bonds is 3. The van der Waals surface area contributed by atoms with Gasteiger partial charge in [-0.1, -0.05) is 24.3 Å². The minimum Gasteiger partial charge on any atom is -0.496 e. The van der Waals surface area contributed by atoms with Crippen LogP contribution in [0.15, 0.2) is 63.7 Å². The van der Waals surface area contributed by atoms with Crippen molar-refractivity contribution in [2.75, 3.05) is 7.11 Å². The van der Waals surface area contributed by atoms with Gasteiger partial charge in [0, 0.05) is 5.56 Å². The number of methoxy groups -OCH3 is 1. The Morgan fingerprint density at radius 2 is 1.95 bits per heavy atom. The first kappa shape index (κ1) is 14.5. The minimum atomic E-state index is -0.453. The van der Waals surface area contributed by atoms with Gasteiger partial charge in [-0.15, -0.1) is 0 Å². The van der Waals surface area contributed by atoms with Gasteiger partial charge in [0.25, 0.3) is 0 Å². The van der Waals surface area contributed by atoms with E-state index in [9.17, 15) is 4.79 Å². The second-order valence-electron chi connectivity index (χ2n) is 4.60. The summed E-state index contributed by atoms with van der Waals surface area (Å²) >= 11 is 3.41. The number of halogens is 1. The quantitative estimate of drug-likeness (QED) is 0.619. The fourth-order valence-electron chi connectivity index (χ4n) is 2.04. The average molecular weight is 358 g/mol. The monoisotopic (exact) mass is 357 g/mol. The summed E-state index contributed by atoms with van der Waals surface area (Å²) in [7, 11) is 1.60. The highest BCUT2D eigenvalue weighted by Gasteiger charge is 2.23. The smallest absolute Gasteiger partial charge is 0.363 e. The van der Waals surface area contributed by atoms with E-state index in [-0.39, 0.29) is 5.70 Å². The van der Waals surface area contributed by atoms with Crippen LogP contribution in [-0.4, -0.2) is 19.0 Å². The summed E-state index contributed by atoms with van der Waals surface area (Å²) in [6.07, 6.45) is 1.68. The van der Waals surface area contributed by atoms with Gasteiger partial charge >= 0.3 is 5.97 Å². The van der Waals surface area contributed by atoms with Crippen molar-refractivity contribution in [1.82, 2.24) is 0 Å². The third kappa shape index (κ3) is 2.94. The molecule has 0 unspecified atom stereocenters. The van der Waals surface area contributed by atoms with E-state index in [1.165, 1.54) is 0 Å². The van der Waals surface area contributed by atoms with Crippen molar-refractivity contribution >= 4 is 33.9 Å². The van der Waals surface area contributed by atoms with E-state index in [1.807, 2.05) is 48.5 Å². The molecule has 0 aliphatic carbocycles. The van der Waals surface area contributed by atoms with Crippen LogP contribution < -0.4 is 4.74 Å². The average Bonchev–Trinajstić information content (AvgIpc) is 2.89. The van der Waals surface area contributed by atoms with Gasteiger partial charge in [-0.05, 0) is 51.8 Å². The Bertz CT molecular complexity index is 782. The maximum Gasteiger partial charge on any atom is 0.363 e. The van der Waals surface area contributed by atoms with Crippen LogP contribution in [-0.2, 0) is 9.53 Å². The second kappa shape index (κ2) is 6.15. The van der Waals surface area contributed by atoms with Crippen LogP contribution in [0.1, 0.15) is 11.1 Å². The van der Waals surface area contributed by atoms with Gasteiger partial charge in [0.15, 0.2) is 5.70 Å². The van der Waals surface area contributed by atoms with Gasteiger partial charge in [-0.3, -0.25) is 0 Å². The van der Waals surface area contributed by atoms with Crippen LogP contribution >= 0.6 is 15.9 Å². The molecule has 0 atom stereocenters. The van der Waals surface area contributed by atoms with Crippen LogP contribution in [0.25, 0.3) is 6.08 Å². The molecule has 2 aromatic carbocycles. The predicted octanol–water partition coefficient (Wildman–Crippen LogP) is 3.80. The molecule has 0 saturated heterocycles. The zero-order valence-electron chi connectivity index (χ0n) is 11.7. The van der Waals surface area contributed by atoms with Gasteiger partial charge in [0.1, 0.15) is 5.75 Å². The molecule has 0 radical (unpaired) electrons. The van der Waals surface area contributed by atoms with Crippen molar-refractivity contribution < 1.29 is 14.3 Å². The lowest BCUT2D eigenvalue weighted by Gasteiger charge is -2.03. The molecule has 0 saturated carbocycles. The highest BCUT2D eigenvalue weighted by atomic mass is 79.9. The van der Waals surface area contributed by atoms with Crippen LogP contribution in [0.3, 0.4) is 0 Å². The van der Waals surface area contributed by atoms with E-state index in [0.717, 1.165) is 21.3 Å². The number of hydrogen-bond donors (Lipinski definition) is 0. The Morgan fingerprint density at radius 3 is 2.64 bits per heavy atom. The van der Waals surface area contributed by atoms with Crippen LogP contribution in [0, 0.1) is 0 Å². The summed E-state index contributed by atoms with van der Waals surface area (Å²) in [5, 5.41) is 0. The maximum absolute atomic E-state index is 11.9. The molecule has 3 rings (SSSR count). The first-order valence-electron chi connectivity index (χ1n) is 6.59. The van der Waals surface area contributed by atoms with E-state index in [1.54, 1.807) is 13.2 Å². The van der Waals surface area contributed by atoms with E-state index in [4.69, 9.17) is 9.47 Å². The highest BCUT2D eigenvalue weighted by molar-refractivity contribution is 9.10. The molecule has 0 fully saturated rings. The summed E-state index contributed by atoms with van der Waals surface area (Å²) in [6, 6.07) is 14.8. The number of ether oxygens (including phenoxy) is 2. The normalized spacial score (nSPS) is 15.6. The zero-order valence-corrected chi connectivity index (χ0v) is 13.3. The van der Waals surface area contributed by atoms with Crippen LogP contribution in [0.5, 0.6) is 5.75 Å². The van der Waals surface area contributed by atoms with Crippen LogP contribution in [0.2, 0.25) is 0 Å². The first-order valence-corrected chi connectivity index (χ1v) is 7.38. The Morgan fingerprint density at radius 1 is 1.18 bits per heavy atom.